The number of nitrogens with one attached hydrogen (secondary N) is 1. The Labute approximate surface area is 113 Å². The van der Waals surface area contributed by atoms with Gasteiger partial charge < -0.3 is 4.74 Å². The summed E-state index contributed by atoms with van der Waals surface area (Å²) in [5, 5.41) is 3.01. The Hall–Kier alpha value is -1.94. The van der Waals surface area contributed by atoms with Gasteiger partial charge in [-0.05, 0) is 32.9 Å². The second-order valence-corrected chi connectivity index (χ2v) is 4.77. The first-order valence-corrected chi connectivity index (χ1v) is 6.06. The second kappa shape index (κ2) is 6.29. The first-order chi connectivity index (χ1) is 8.86. The fraction of sp³-hybridized carbons (Fsp3) is 0.333. The molecule has 0 atom stereocenters. The molecule has 0 saturated carbocycles. The molecular weight excluding hydrogens is 242 g/mol. The molecule has 0 aliphatic carbocycles. The molecular formula is C15H19NO3. The zero-order valence-corrected chi connectivity index (χ0v) is 11.5. The number of benzene rings is 1. The van der Waals surface area contributed by atoms with Crippen molar-refractivity contribution in [2.24, 2.45) is 0 Å². The summed E-state index contributed by atoms with van der Waals surface area (Å²) in [6, 6.07) is 6.57. The fourth-order valence-corrected chi connectivity index (χ4v) is 1.41. The van der Waals surface area contributed by atoms with Crippen LogP contribution in [0.2, 0.25) is 0 Å². The molecule has 1 aromatic rings. The number of carbonyl (C=O) groups is 2. The first kappa shape index (κ1) is 15.1. The maximum atomic E-state index is 12.0. The van der Waals surface area contributed by atoms with Crippen LogP contribution >= 0.6 is 0 Å². The van der Waals surface area contributed by atoms with E-state index < -0.39 is 11.5 Å². The Morgan fingerprint density at radius 2 is 2.11 bits per heavy atom. The monoisotopic (exact) mass is 261 g/mol. The average molecular weight is 261 g/mol. The van der Waals surface area contributed by atoms with Gasteiger partial charge >= 0.3 is 5.97 Å². The van der Waals surface area contributed by atoms with E-state index in [4.69, 9.17) is 4.74 Å². The zero-order chi connectivity index (χ0) is 14.5. The molecule has 1 N–H and O–H groups in total. The van der Waals surface area contributed by atoms with Crippen molar-refractivity contribution in [1.82, 2.24) is 5.32 Å². The van der Waals surface area contributed by atoms with E-state index in [1.54, 1.807) is 44.2 Å². The van der Waals surface area contributed by atoms with Crippen LogP contribution in [0, 0.1) is 0 Å². The number of ketones is 1. The minimum atomic E-state index is -0.819. The molecule has 4 nitrogen and oxygen atoms in total. The summed E-state index contributed by atoms with van der Waals surface area (Å²) >= 11 is 0. The smallest absolute Gasteiger partial charge is 0.331 e. The van der Waals surface area contributed by atoms with Gasteiger partial charge in [0.25, 0.3) is 0 Å². The highest BCUT2D eigenvalue weighted by atomic mass is 16.5. The quantitative estimate of drug-likeness (QED) is 0.369. The number of rotatable bonds is 6. The molecule has 0 fully saturated rings. The lowest BCUT2D eigenvalue weighted by molar-refractivity contribution is -0.140. The molecule has 0 aromatic heterocycles. The molecule has 0 aliphatic heterocycles. The number of carbonyl (C=O) groups excluding carboxylic acids is 2. The SMILES string of the molecule is C=CCNC(C)(C)C(=O)Oc1cccc(C(C)=O)c1. The molecule has 0 amide bonds. The van der Waals surface area contributed by atoms with Gasteiger partial charge in [-0.1, -0.05) is 18.2 Å². The van der Waals surface area contributed by atoms with Crippen LogP contribution in [0.3, 0.4) is 0 Å². The van der Waals surface area contributed by atoms with Gasteiger partial charge in [-0.25, -0.2) is 4.79 Å². The van der Waals surface area contributed by atoms with E-state index in [1.165, 1.54) is 6.92 Å². The summed E-state index contributed by atoms with van der Waals surface area (Å²) in [5.74, 6) is -0.108. The standard InChI is InChI=1S/C15H19NO3/c1-5-9-16-15(3,4)14(18)19-13-8-6-7-12(10-13)11(2)17/h5-8,10,16H,1,9H2,2-4H3. The Kier molecular flexibility index (Phi) is 5.01. The maximum absolute atomic E-state index is 12.0. The van der Waals surface area contributed by atoms with Crippen molar-refractivity contribution in [2.75, 3.05) is 6.54 Å². The molecule has 0 unspecified atom stereocenters. The molecule has 0 bridgehead atoms. The lowest BCUT2D eigenvalue weighted by Gasteiger charge is -2.23. The van der Waals surface area contributed by atoms with Crippen molar-refractivity contribution in [3.8, 4) is 5.75 Å². The highest BCUT2D eigenvalue weighted by molar-refractivity contribution is 5.94. The Bertz CT molecular complexity index is 492. The summed E-state index contributed by atoms with van der Waals surface area (Å²) in [4.78, 5) is 23.3. The van der Waals surface area contributed by atoms with Gasteiger partial charge in [0.15, 0.2) is 5.78 Å². The second-order valence-electron chi connectivity index (χ2n) is 4.77. The molecule has 0 spiro atoms. The molecule has 0 radical (unpaired) electrons. The third-order valence-corrected chi connectivity index (χ3v) is 2.65. The summed E-state index contributed by atoms with van der Waals surface area (Å²) in [7, 11) is 0. The van der Waals surface area contributed by atoms with Crippen molar-refractivity contribution in [3.05, 3.63) is 42.5 Å². The molecule has 102 valence electrons. The van der Waals surface area contributed by atoms with E-state index in [-0.39, 0.29) is 5.78 Å². The predicted molar refractivity (Wildman–Crippen MR) is 74.4 cm³/mol. The highest BCUT2D eigenvalue weighted by Gasteiger charge is 2.28. The average Bonchev–Trinajstić information content (AvgIpc) is 2.36. The maximum Gasteiger partial charge on any atom is 0.331 e. The molecule has 1 aromatic carbocycles. The molecule has 4 heteroatoms. The van der Waals surface area contributed by atoms with Crippen molar-refractivity contribution >= 4 is 11.8 Å². The number of hydrogen-bond acceptors (Lipinski definition) is 4. The van der Waals surface area contributed by atoms with Gasteiger partial charge in [0, 0.05) is 12.1 Å². The Morgan fingerprint density at radius 1 is 1.42 bits per heavy atom. The van der Waals surface area contributed by atoms with E-state index in [2.05, 4.69) is 11.9 Å². The van der Waals surface area contributed by atoms with Crippen molar-refractivity contribution in [2.45, 2.75) is 26.3 Å². The summed E-state index contributed by atoms with van der Waals surface area (Å²) < 4.78 is 5.28. The minimum absolute atomic E-state index is 0.0676. The van der Waals surface area contributed by atoms with E-state index in [9.17, 15) is 9.59 Å². The van der Waals surface area contributed by atoms with E-state index in [0.717, 1.165) is 0 Å². The molecule has 1 rings (SSSR count). The van der Waals surface area contributed by atoms with Crippen molar-refractivity contribution in [1.29, 1.82) is 0 Å². The van der Waals surface area contributed by atoms with Gasteiger partial charge in [0.2, 0.25) is 0 Å². The van der Waals surface area contributed by atoms with E-state index in [0.29, 0.717) is 17.9 Å². The summed E-state index contributed by atoms with van der Waals surface area (Å²) in [5.41, 5.74) is -0.303. The third kappa shape index (κ3) is 4.34. The van der Waals surface area contributed by atoms with Gasteiger partial charge in [0.1, 0.15) is 11.3 Å². The van der Waals surface area contributed by atoms with Crippen LogP contribution in [0.15, 0.2) is 36.9 Å². The number of Topliss-reactive ketones (excluding diaryl/α,β-unsaturated/α-hetero) is 1. The molecule has 0 aliphatic rings. The van der Waals surface area contributed by atoms with E-state index >= 15 is 0 Å². The van der Waals surface area contributed by atoms with Crippen molar-refractivity contribution in [3.63, 3.8) is 0 Å². The van der Waals surface area contributed by atoms with Gasteiger partial charge in [-0.15, -0.1) is 6.58 Å². The zero-order valence-electron chi connectivity index (χ0n) is 11.5. The lowest BCUT2D eigenvalue weighted by atomic mass is 10.1. The van der Waals surface area contributed by atoms with E-state index in [1.807, 2.05) is 0 Å². The topological polar surface area (TPSA) is 55.4 Å². The fourth-order valence-electron chi connectivity index (χ4n) is 1.41. The minimum Gasteiger partial charge on any atom is -0.425 e. The van der Waals surface area contributed by atoms with Gasteiger partial charge in [0.05, 0.1) is 0 Å². The van der Waals surface area contributed by atoms with Crippen LogP contribution in [0.4, 0.5) is 0 Å². The van der Waals surface area contributed by atoms with Crippen LogP contribution in [-0.2, 0) is 4.79 Å². The highest BCUT2D eigenvalue weighted by Crippen LogP contribution is 2.16. The predicted octanol–water partition coefficient (Wildman–Crippen LogP) is 2.35. The molecule has 19 heavy (non-hydrogen) atoms. The van der Waals surface area contributed by atoms with Crippen LogP contribution in [0.5, 0.6) is 5.75 Å². The molecule has 0 heterocycles. The van der Waals surface area contributed by atoms with Crippen LogP contribution in [0.1, 0.15) is 31.1 Å². The van der Waals surface area contributed by atoms with Crippen LogP contribution in [0.25, 0.3) is 0 Å². The summed E-state index contributed by atoms with van der Waals surface area (Å²) in [6.07, 6.45) is 1.67. The largest absolute Gasteiger partial charge is 0.425 e. The normalized spacial score (nSPS) is 10.9. The van der Waals surface area contributed by atoms with Crippen molar-refractivity contribution < 1.29 is 14.3 Å². The first-order valence-electron chi connectivity index (χ1n) is 6.06. The molecule has 0 saturated heterocycles. The third-order valence-electron chi connectivity index (χ3n) is 2.65. The van der Waals surface area contributed by atoms with Crippen LogP contribution < -0.4 is 10.1 Å². The number of hydrogen-bond donors (Lipinski definition) is 1. The number of esters is 1. The van der Waals surface area contributed by atoms with Gasteiger partial charge in [-0.2, -0.15) is 0 Å². The Morgan fingerprint density at radius 3 is 2.68 bits per heavy atom. The van der Waals surface area contributed by atoms with Crippen LogP contribution in [-0.4, -0.2) is 23.8 Å². The van der Waals surface area contributed by atoms with Gasteiger partial charge in [-0.3, -0.25) is 10.1 Å². The lowest BCUT2D eigenvalue weighted by Crippen LogP contribution is -2.49. The summed E-state index contributed by atoms with van der Waals surface area (Å²) in [6.45, 7) is 9.02. The Balaban J connectivity index is 2.78. The number of ether oxygens (including phenoxy) is 1.